The SMILES string of the molecule is COc1ccc(COC(=O)c2cc([N+](=O)[O-])c3ccccc3c2OS(=O)(=O)C(F)(F)F)cc1. The Balaban J connectivity index is 2.09. The van der Waals surface area contributed by atoms with Crippen molar-refractivity contribution in [1.82, 2.24) is 0 Å². The first-order chi connectivity index (χ1) is 15.4. The molecular weight excluding hydrogens is 471 g/mol. The normalized spacial score (nSPS) is 11.8. The number of carbonyl (C=O) groups is 1. The van der Waals surface area contributed by atoms with Crippen LogP contribution in [-0.2, 0) is 21.5 Å². The Hall–Kier alpha value is -3.87. The van der Waals surface area contributed by atoms with Gasteiger partial charge in [-0.3, -0.25) is 10.1 Å². The van der Waals surface area contributed by atoms with Crippen LogP contribution in [0.5, 0.6) is 11.5 Å². The third-order valence-corrected chi connectivity index (χ3v) is 5.35. The maximum atomic E-state index is 12.9. The molecule has 0 amide bonds. The summed E-state index contributed by atoms with van der Waals surface area (Å²) in [5.74, 6) is -1.84. The van der Waals surface area contributed by atoms with Gasteiger partial charge in [-0.25, -0.2) is 4.79 Å². The molecule has 0 aliphatic rings. The summed E-state index contributed by atoms with van der Waals surface area (Å²) in [5.41, 5.74) is -6.86. The summed E-state index contributed by atoms with van der Waals surface area (Å²) in [6, 6.07) is 11.7. The number of nitro benzene ring substituents is 1. The average molecular weight is 485 g/mol. The van der Waals surface area contributed by atoms with E-state index in [1.807, 2.05) is 0 Å². The molecule has 0 aromatic heterocycles. The molecule has 0 spiro atoms. The van der Waals surface area contributed by atoms with Gasteiger partial charge < -0.3 is 13.7 Å². The molecule has 174 valence electrons. The van der Waals surface area contributed by atoms with E-state index in [4.69, 9.17) is 9.47 Å². The van der Waals surface area contributed by atoms with E-state index in [1.54, 1.807) is 24.3 Å². The molecule has 0 fully saturated rings. The van der Waals surface area contributed by atoms with Crippen LogP contribution in [-0.4, -0.2) is 31.9 Å². The minimum atomic E-state index is -6.20. The van der Waals surface area contributed by atoms with Crippen LogP contribution >= 0.6 is 0 Å². The van der Waals surface area contributed by atoms with Crippen molar-refractivity contribution < 1.29 is 45.0 Å². The molecule has 3 aromatic rings. The first kappa shape index (κ1) is 23.8. The highest BCUT2D eigenvalue weighted by atomic mass is 32.2. The van der Waals surface area contributed by atoms with E-state index in [9.17, 15) is 36.5 Å². The Kier molecular flexibility index (Phi) is 6.44. The summed E-state index contributed by atoms with van der Waals surface area (Å²) >= 11 is 0. The predicted molar refractivity (Wildman–Crippen MR) is 108 cm³/mol. The van der Waals surface area contributed by atoms with E-state index in [0.717, 1.165) is 6.07 Å². The lowest BCUT2D eigenvalue weighted by molar-refractivity contribution is -0.383. The number of hydrogen-bond acceptors (Lipinski definition) is 8. The van der Waals surface area contributed by atoms with Crippen LogP contribution in [0.25, 0.3) is 10.8 Å². The zero-order chi connectivity index (χ0) is 24.4. The number of nitrogens with zero attached hydrogens (tertiary/aromatic N) is 1. The molecule has 3 aromatic carbocycles. The van der Waals surface area contributed by atoms with Gasteiger partial charge in [0.15, 0.2) is 5.75 Å². The maximum Gasteiger partial charge on any atom is 0.534 e. The van der Waals surface area contributed by atoms with Crippen molar-refractivity contribution >= 4 is 32.5 Å². The van der Waals surface area contributed by atoms with Crippen LogP contribution in [0.4, 0.5) is 18.9 Å². The molecular formula is C20H14F3NO8S. The van der Waals surface area contributed by atoms with Gasteiger partial charge in [-0.05, 0) is 23.8 Å². The van der Waals surface area contributed by atoms with Gasteiger partial charge in [0, 0.05) is 11.5 Å². The number of halogens is 3. The number of methoxy groups -OCH3 is 1. The average Bonchev–Trinajstić information content (AvgIpc) is 2.76. The monoisotopic (exact) mass is 485 g/mol. The number of carbonyl (C=O) groups excluding carboxylic acids is 1. The highest BCUT2D eigenvalue weighted by molar-refractivity contribution is 7.88. The molecule has 0 bridgehead atoms. The lowest BCUT2D eigenvalue weighted by Gasteiger charge is -2.15. The van der Waals surface area contributed by atoms with Gasteiger partial charge in [0.05, 0.1) is 17.4 Å². The van der Waals surface area contributed by atoms with Crippen molar-refractivity contribution in [1.29, 1.82) is 0 Å². The van der Waals surface area contributed by atoms with E-state index in [1.165, 1.54) is 25.3 Å². The molecule has 0 saturated heterocycles. The van der Waals surface area contributed by atoms with E-state index in [-0.39, 0.29) is 12.0 Å². The molecule has 9 nitrogen and oxygen atoms in total. The zero-order valence-corrected chi connectivity index (χ0v) is 17.5. The minimum Gasteiger partial charge on any atom is -0.497 e. The van der Waals surface area contributed by atoms with Crippen molar-refractivity contribution in [3.63, 3.8) is 0 Å². The second-order valence-corrected chi connectivity index (χ2v) is 8.02. The predicted octanol–water partition coefficient (Wildman–Crippen LogP) is 4.34. The van der Waals surface area contributed by atoms with Gasteiger partial charge in [-0.15, -0.1) is 0 Å². The number of fused-ring (bicyclic) bond motifs is 1. The molecule has 0 unspecified atom stereocenters. The minimum absolute atomic E-state index is 0.235. The first-order valence-electron chi connectivity index (χ1n) is 8.95. The molecule has 0 saturated carbocycles. The lowest BCUT2D eigenvalue weighted by Crippen LogP contribution is -2.29. The number of hydrogen-bond donors (Lipinski definition) is 0. The van der Waals surface area contributed by atoms with Gasteiger partial charge in [0.2, 0.25) is 0 Å². The van der Waals surface area contributed by atoms with Crippen LogP contribution in [0, 0.1) is 10.1 Å². The number of alkyl halides is 3. The Morgan fingerprint density at radius 3 is 2.21 bits per heavy atom. The third kappa shape index (κ3) is 4.98. The smallest absolute Gasteiger partial charge is 0.497 e. The van der Waals surface area contributed by atoms with Gasteiger partial charge in [0.25, 0.3) is 5.69 Å². The summed E-state index contributed by atoms with van der Waals surface area (Å²) in [7, 11) is -4.76. The van der Waals surface area contributed by atoms with Crippen molar-refractivity contribution in [2.24, 2.45) is 0 Å². The Morgan fingerprint density at radius 2 is 1.67 bits per heavy atom. The van der Waals surface area contributed by atoms with Crippen LogP contribution in [0.15, 0.2) is 54.6 Å². The summed E-state index contributed by atoms with van der Waals surface area (Å²) in [5, 5.41) is 10.9. The van der Waals surface area contributed by atoms with Crippen molar-refractivity contribution in [2.75, 3.05) is 7.11 Å². The summed E-state index contributed by atoms with van der Waals surface area (Å²) in [4.78, 5) is 23.3. The van der Waals surface area contributed by atoms with Crippen LogP contribution in [0.2, 0.25) is 0 Å². The highest BCUT2D eigenvalue weighted by Gasteiger charge is 2.49. The largest absolute Gasteiger partial charge is 0.534 e. The molecule has 0 aliphatic carbocycles. The van der Waals surface area contributed by atoms with E-state index in [2.05, 4.69) is 4.18 Å². The number of esters is 1. The van der Waals surface area contributed by atoms with Crippen molar-refractivity contribution in [3.8, 4) is 11.5 Å². The standard InChI is InChI=1S/C20H14F3NO8S/c1-30-13-8-6-12(7-9-13)11-31-19(25)16-10-17(24(26)27)14-4-2-3-5-15(14)18(16)32-33(28,29)20(21,22)23/h2-10H,11H2,1H3. The Labute approximate surface area is 184 Å². The molecule has 0 aliphatic heterocycles. The molecule has 0 atom stereocenters. The second kappa shape index (κ2) is 8.94. The molecule has 3 rings (SSSR count). The third-order valence-electron chi connectivity index (χ3n) is 4.40. The van der Waals surface area contributed by atoms with Crippen LogP contribution in [0.3, 0.4) is 0 Å². The Morgan fingerprint density at radius 1 is 1.06 bits per heavy atom. The number of rotatable bonds is 7. The van der Waals surface area contributed by atoms with E-state index >= 15 is 0 Å². The van der Waals surface area contributed by atoms with Crippen LogP contribution < -0.4 is 8.92 Å². The fraction of sp³-hybridized carbons (Fsp3) is 0.150. The summed E-state index contributed by atoms with van der Waals surface area (Å²) in [6.45, 7) is -0.366. The fourth-order valence-corrected chi connectivity index (χ4v) is 3.32. The van der Waals surface area contributed by atoms with E-state index < -0.39 is 48.9 Å². The topological polar surface area (TPSA) is 122 Å². The number of non-ortho nitro benzene ring substituents is 1. The molecule has 33 heavy (non-hydrogen) atoms. The van der Waals surface area contributed by atoms with Gasteiger partial charge in [-0.2, -0.15) is 21.6 Å². The molecule has 0 radical (unpaired) electrons. The van der Waals surface area contributed by atoms with Crippen LogP contribution in [0.1, 0.15) is 15.9 Å². The maximum absolute atomic E-state index is 12.9. The summed E-state index contributed by atoms with van der Waals surface area (Å²) in [6.07, 6.45) is 0. The van der Waals surface area contributed by atoms with Gasteiger partial charge in [-0.1, -0.05) is 30.3 Å². The zero-order valence-electron chi connectivity index (χ0n) is 16.7. The summed E-state index contributed by atoms with van der Waals surface area (Å²) < 4.78 is 76.4. The fourth-order valence-electron chi connectivity index (χ4n) is 2.83. The lowest BCUT2D eigenvalue weighted by atomic mass is 10.0. The first-order valence-corrected chi connectivity index (χ1v) is 10.4. The number of ether oxygens (including phenoxy) is 2. The highest BCUT2D eigenvalue weighted by Crippen LogP contribution is 2.39. The van der Waals surface area contributed by atoms with Gasteiger partial charge in [0.1, 0.15) is 17.9 Å². The number of nitro groups is 1. The molecule has 13 heteroatoms. The second-order valence-electron chi connectivity index (χ2n) is 6.48. The van der Waals surface area contributed by atoms with E-state index in [0.29, 0.717) is 17.4 Å². The Bertz CT molecular complexity index is 1320. The molecule has 0 heterocycles. The van der Waals surface area contributed by atoms with Crippen molar-refractivity contribution in [3.05, 3.63) is 75.8 Å². The van der Waals surface area contributed by atoms with Crippen molar-refractivity contribution in [2.45, 2.75) is 12.1 Å². The molecule has 0 N–H and O–H groups in total. The quantitative estimate of drug-likeness (QED) is 0.159. The number of benzene rings is 3. The van der Waals surface area contributed by atoms with Gasteiger partial charge >= 0.3 is 21.6 Å².